The lowest BCUT2D eigenvalue weighted by Crippen LogP contribution is -2.19. The van der Waals surface area contributed by atoms with E-state index in [1.807, 2.05) is 35.8 Å². The topological polar surface area (TPSA) is 92.3 Å². The monoisotopic (exact) mass is 368 g/mol. The molecule has 4 rings (SSSR count). The molecule has 0 aliphatic carbocycles. The predicted molar refractivity (Wildman–Crippen MR) is 104 cm³/mol. The molecule has 1 fully saturated rings. The van der Waals surface area contributed by atoms with Gasteiger partial charge in [-0.05, 0) is 38.3 Å². The molecular weight excluding hydrogens is 344 g/mol. The normalized spacial score (nSPS) is 18.2. The summed E-state index contributed by atoms with van der Waals surface area (Å²) in [6, 6.07) is 7.68. The number of anilines is 1. The molecule has 2 aromatic heterocycles. The average molecular weight is 368 g/mol. The van der Waals surface area contributed by atoms with Crippen molar-refractivity contribution in [3.63, 3.8) is 0 Å². The molecule has 1 aromatic carbocycles. The molecule has 142 valence electrons. The molecule has 1 aliphatic heterocycles. The van der Waals surface area contributed by atoms with Gasteiger partial charge in [-0.25, -0.2) is 14.8 Å². The first-order valence-corrected chi connectivity index (χ1v) is 9.45. The third-order valence-corrected chi connectivity index (χ3v) is 5.19. The summed E-state index contributed by atoms with van der Waals surface area (Å²) in [7, 11) is 0. The summed E-state index contributed by atoms with van der Waals surface area (Å²) in [6.07, 6.45) is 2.72. The molecule has 0 bridgehead atoms. The Kier molecular flexibility index (Phi) is 4.70. The number of rotatable bonds is 5. The second kappa shape index (κ2) is 7.15. The molecule has 7 nitrogen and oxygen atoms in total. The fourth-order valence-electron chi connectivity index (χ4n) is 3.53. The maximum Gasteiger partial charge on any atom is 0.344 e. The zero-order chi connectivity index (χ0) is 19.0. The molecule has 2 atom stereocenters. The summed E-state index contributed by atoms with van der Waals surface area (Å²) in [5.74, 6) is -0.119. The molecule has 0 unspecified atom stereocenters. The molecular formula is C20H24N4O3. The Labute approximate surface area is 157 Å². The van der Waals surface area contributed by atoms with E-state index in [1.165, 1.54) is 0 Å². The Bertz CT molecular complexity index is 992. The SMILES string of the molecule is CC[C@H](C)n1c(N)c(C(=O)OC[C@@H]2CCCO2)c2nc3ccccc3nc21. The van der Waals surface area contributed by atoms with E-state index < -0.39 is 5.97 Å². The van der Waals surface area contributed by atoms with E-state index in [4.69, 9.17) is 20.2 Å². The minimum Gasteiger partial charge on any atom is -0.459 e. The van der Waals surface area contributed by atoms with Crippen LogP contribution < -0.4 is 5.73 Å². The van der Waals surface area contributed by atoms with E-state index in [0.29, 0.717) is 22.5 Å². The van der Waals surface area contributed by atoms with Gasteiger partial charge in [0.15, 0.2) is 5.65 Å². The highest BCUT2D eigenvalue weighted by atomic mass is 16.6. The van der Waals surface area contributed by atoms with Crippen molar-refractivity contribution in [2.45, 2.75) is 45.3 Å². The van der Waals surface area contributed by atoms with Gasteiger partial charge in [-0.1, -0.05) is 19.1 Å². The molecule has 0 amide bonds. The van der Waals surface area contributed by atoms with Crippen LogP contribution in [0.4, 0.5) is 5.82 Å². The highest BCUT2D eigenvalue weighted by molar-refractivity contribution is 6.08. The largest absolute Gasteiger partial charge is 0.459 e. The quantitative estimate of drug-likeness (QED) is 0.693. The van der Waals surface area contributed by atoms with Crippen molar-refractivity contribution in [3.8, 4) is 0 Å². The van der Waals surface area contributed by atoms with Crippen LogP contribution in [0, 0.1) is 0 Å². The van der Waals surface area contributed by atoms with Crippen LogP contribution in [0.2, 0.25) is 0 Å². The summed E-state index contributed by atoms with van der Waals surface area (Å²) >= 11 is 0. The second-order valence-corrected chi connectivity index (χ2v) is 7.01. The summed E-state index contributed by atoms with van der Waals surface area (Å²) in [4.78, 5) is 22.3. The molecule has 3 aromatic rings. The van der Waals surface area contributed by atoms with Crippen molar-refractivity contribution >= 4 is 34.0 Å². The molecule has 27 heavy (non-hydrogen) atoms. The fraction of sp³-hybridized carbons (Fsp3) is 0.450. The van der Waals surface area contributed by atoms with Crippen LogP contribution in [0.15, 0.2) is 24.3 Å². The van der Waals surface area contributed by atoms with Crippen LogP contribution in [-0.4, -0.2) is 39.8 Å². The van der Waals surface area contributed by atoms with Gasteiger partial charge in [-0.2, -0.15) is 0 Å². The number of nitrogen functional groups attached to an aromatic ring is 1. The van der Waals surface area contributed by atoms with E-state index in [2.05, 4.69) is 11.9 Å². The van der Waals surface area contributed by atoms with Crippen molar-refractivity contribution in [1.29, 1.82) is 0 Å². The number of hydrogen-bond acceptors (Lipinski definition) is 6. The van der Waals surface area contributed by atoms with Crippen molar-refractivity contribution < 1.29 is 14.3 Å². The minimum atomic E-state index is -0.473. The number of carbonyl (C=O) groups is 1. The highest BCUT2D eigenvalue weighted by Crippen LogP contribution is 2.32. The van der Waals surface area contributed by atoms with Gasteiger partial charge >= 0.3 is 5.97 Å². The Morgan fingerprint density at radius 3 is 2.78 bits per heavy atom. The third-order valence-electron chi connectivity index (χ3n) is 5.19. The summed E-state index contributed by atoms with van der Waals surface area (Å²) in [5.41, 5.74) is 9.28. The standard InChI is InChI=1S/C20H24N4O3/c1-3-12(2)24-18(21)16(20(25)27-11-13-7-6-10-26-13)17-19(24)23-15-9-5-4-8-14(15)22-17/h4-5,8-9,12-13H,3,6-7,10-11,21H2,1-2H3/t12-,13-/m0/s1. The Balaban J connectivity index is 1.81. The van der Waals surface area contributed by atoms with Gasteiger partial charge in [0.2, 0.25) is 0 Å². The molecule has 1 aliphatic rings. The Morgan fingerprint density at radius 2 is 2.11 bits per heavy atom. The van der Waals surface area contributed by atoms with Crippen molar-refractivity contribution in [1.82, 2.24) is 14.5 Å². The average Bonchev–Trinajstić information content (AvgIpc) is 3.29. The zero-order valence-electron chi connectivity index (χ0n) is 15.6. The molecule has 1 saturated heterocycles. The lowest BCUT2D eigenvalue weighted by atomic mass is 10.2. The minimum absolute atomic E-state index is 0.0370. The number of carbonyl (C=O) groups excluding carboxylic acids is 1. The lowest BCUT2D eigenvalue weighted by molar-refractivity contribution is 0.0163. The van der Waals surface area contributed by atoms with Gasteiger partial charge in [0, 0.05) is 12.6 Å². The van der Waals surface area contributed by atoms with Crippen molar-refractivity contribution in [2.75, 3.05) is 18.9 Å². The molecule has 0 radical (unpaired) electrons. The van der Waals surface area contributed by atoms with E-state index >= 15 is 0 Å². The fourth-order valence-corrected chi connectivity index (χ4v) is 3.53. The molecule has 0 saturated carbocycles. The smallest absolute Gasteiger partial charge is 0.344 e. The molecule has 2 N–H and O–H groups in total. The van der Waals surface area contributed by atoms with E-state index in [9.17, 15) is 4.79 Å². The maximum absolute atomic E-state index is 12.9. The molecule has 7 heteroatoms. The number of hydrogen-bond donors (Lipinski definition) is 1. The maximum atomic E-state index is 12.9. The number of aromatic nitrogens is 3. The van der Waals surface area contributed by atoms with Gasteiger partial charge in [-0.3, -0.25) is 0 Å². The zero-order valence-corrected chi connectivity index (χ0v) is 15.6. The number of fused-ring (bicyclic) bond motifs is 2. The van der Waals surface area contributed by atoms with Gasteiger partial charge in [0.05, 0.1) is 17.1 Å². The Hall–Kier alpha value is -2.67. The number of benzene rings is 1. The summed E-state index contributed by atoms with van der Waals surface area (Å²) in [5, 5.41) is 0. The predicted octanol–water partition coefficient (Wildman–Crippen LogP) is 3.47. The van der Waals surface area contributed by atoms with Gasteiger partial charge in [-0.15, -0.1) is 0 Å². The van der Waals surface area contributed by atoms with Crippen LogP contribution in [0.25, 0.3) is 22.2 Å². The number of ether oxygens (including phenoxy) is 2. The third kappa shape index (κ3) is 3.12. The van der Waals surface area contributed by atoms with Crippen LogP contribution in [0.1, 0.15) is 49.5 Å². The first-order valence-electron chi connectivity index (χ1n) is 9.45. The van der Waals surface area contributed by atoms with Gasteiger partial charge < -0.3 is 19.8 Å². The van der Waals surface area contributed by atoms with Gasteiger partial charge in [0.25, 0.3) is 0 Å². The van der Waals surface area contributed by atoms with E-state index in [-0.39, 0.29) is 18.8 Å². The van der Waals surface area contributed by atoms with Crippen LogP contribution >= 0.6 is 0 Å². The second-order valence-electron chi connectivity index (χ2n) is 7.01. The highest BCUT2D eigenvalue weighted by Gasteiger charge is 2.28. The van der Waals surface area contributed by atoms with Crippen LogP contribution in [0.5, 0.6) is 0 Å². The number of para-hydroxylation sites is 2. The van der Waals surface area contributed by atoms with E-state index in [1.54, 1.807) is 0 Å². The van der Waals surface area contributed by atoms with E-state index in [0.717, 1.165) is 36.9 Å². The summed E-state index contributed by atoms with van der Waals surface area (Å²) in [6.45, 7) is 5.07. The first kappa shape index (κ1) is 17.7. The summed E-state index contributed by atoms with van der Waals surface area (Å²) < 4.78 is 12.9. The molecule has 0 spiro atoms. The Morgan fingerprint density at radius 1 is 1.37 bits per heavy atom. The van der Waals surface area contributed by atoms with Crippen molar-refractivity contribution in [2.24, 2.45) is 0 Å². The number of nitrogens with two attached hydrogens (primary N) is 1. The van der Waals surface area contributed by atoms with Gasteiger partial charge in [0.1, 0.15) is 23.5 Å². The van der Waals surface area contributed by atoms with Crippen LogP contribution in [-0.2, 0) is 9.47 Å². The van der Waals surface area contributed by atoms with Crippen molar-refractivity contribution in [3.05, 3.63) is 29.8 Å². The lowest BCUT2D eigenvalue weighted by Gasteiger charge is -2.14. The number of esters is 1. The number of nitrogens with zero attached hydrogens (tertiary/aromatic N) is 3. The molecule has 3 heterocycles. The first-order chi connectivity index (χ1) is 13.1. The van der Waals surface area contributed by atoms with Crippen LogP contribution in [0.3, 0.4) is 0 Å².